The second-order valence-electron chi connectivity index (χ2n) is 22.3. The summed E-state index contributed by atoms with van der Waals surface area (Å²) in [5.74, 6) is -7.85. The Morgan fingerprint density at radius 3 is 1.10 bits per heavy atom. The van der Waals surface area contributed by atoms with E-state index >= 15 is 0 Å². The summed E-state index contributed by atoms with van der Waals surface area (Å²) in [7, 11) is -25.0. The third kappa shape index (κ3) is 21.0. The zero-order chi connectivity index (χ0) is 79.8. The molecule has 0 aliphatic carbocycles. The number of carbonyl (C=O) groups is 4. The van der Waals surface area contributed by atoms with Gasteiger partial charge in [-0.1, -0.05) is 12.1 Å². The van der Waals surface area contributed by atoms with E-state index in [1.807, 2.05) is 0 Å². The third-order valence-corrected chi connectivity index (χ3v) is 20.2. The van der Waals surface area contributed by atoms with E-state index in [4.69, 9.17) is 0 Å². The molecule has 0 aliphatic heterocycles. The summed E-state index contributed by atoms with van der Waals surface area (Å²) < 4.78 is 173. The minimum atomic E-state index is -5.46. The van der Waals surface area contributed by atoms with Crippen LogP contribution in [0.25, 0.3) is 23.3 Å². The predicted octanol–water partition coefficient (Wildman–Crippen LogP) is -14.3. The van der Waals surface area contributed by atoms with E-state index in [1.54, 1.807) is 0 Å². The molecular formula is C62H38N20Na4O24S5. The van der Waals surface area contributed by atoms with Crippen LogP contribution in [0.1, 0.15) is 41.7 Å². The van der Waals surface area contributed by atoms with Gasteiger partial charge in [0, 0.05) is 11.1 Å². The van der Waals surface area contributed by atoms with Gasteiger partial charge in [-0.2, -0.15) is 26.8 Å². The van der Waals surface area contributed by atoms with Gasteiger partial charge in [-0.15, -0.1) is 20.5 Å². The Morgan fingerprint density at radius 2 is 0.765 bits per heavy atom. The van der Waals surface area contributed by atoms with Crippen LogP contribution in [0.2, 0.25) is 0 Å². The Kier molecular flexibility index (Phi) is 28.3. The number of nitrogens with one attached hydrogen (secondary N) is 6. The molecule has 0 aliphatic rings. The SMILES string of the molecule is O=C([O-])c1ccc[n+](-c2nc(=Nc3cccc(S(=O)(=O)c4cccc(N=c5nc(-[n+]6cccc(C(=O)[O-])c6)[nH]c(=Nc6ccc(S(=O)(=O)[O-])c(N=Nc7c(C(=O)[O-])[nH]n(-c8ccc(S(=O)(=O)O)cc8)c7=O)c6)[nH]5)c4)c3)[nH]c(=Nc3ccc(S(=O)(=O)[O-])c(N=Nc4c(C(=O)[O-])[nH]n(-c5ccc(S(=O)(=O)O)cc5)c4=O)c3)[nH]2)c1.[Na+].[Na+].[Na+].[Na+]. The van der Waals surface area contributed by atoms with Gasteiger partial charge >= 0.3 is 141 Å². The number of H-pyrrole nitrogens is 6. The summed E-state index contributed by atoms with van der Waals surface area (Å²) in [6, 6.07) is 27.3. The van der Waals surface area contributed by atoms with Crippen molar-refractivity contribution in [2.75, 3.05) is 0 Å². The maximum Gasteiger partial charge on any atom is 1.00 e. The summed E-state index contributed by atoms with van der Waals surface area (Å²) in [6.45, 7) is 0. The van der Waals surface area contributed by atoms with Crippen molar-refractivity contribution in [2.45, 2.75) is 29.4 Å². The largest absolute Gasteiger partial charge is 1.00 e. The fraction of sp³-hybridized carbons (Fsp3) is 0. The molecule has 6 aromatic heterocycles. The van der Waals surface area contributed by atoms with Crippen LogP contribution in [0.15, 0.2) is 262 Å². The molecule has 0 atom stereocenters. The molecule has 0 amide bonds. The van der Waals surface area contributed by atoms with Gasteiger partial charge < -0.3 is 48.7 Å². The number of carbonyl (C=O) groups excluding carboxylic acids is 4. The van der Waals surface area contributed by atoms with Crippen molar-refractivity contribution in [3.63, 3.8) is 0 Å². The minimum Gasteiger partial charge on any atom is -0.744 e. The van der Waals surface area contributed by atoms with Crippen LogP contribution in [0, 0.1) is 0 Å². The number of aromatic amines is 6. The van der Waals surface area contributed by atoms with E-state index in [0.29, 0.717) is 9.36 Å². The van der Waals surface area contributed by atoms with Gasteiger partial charge in [0.1, 0.15) is 43.0 Å². The number of rotatable bonds is 22. The van der Waals surface area contributed by atoms with Crippen LogP contribution < -0.4 is 181 Å². The van der Waals surface area contributed by atoms with Crippen LogP contribution in [-0.4, -0.2) is 134 Å². The van der Waals surface area contributed by atoms with Crippen LogP contribution in [0.4, 0.5) is 45.5 Å². The normalized spacial score (nSPS) is 12.6. The van der Waals surface area contributed by atoms with E-state index in [-0.39, 0.29) is 187 Å². The first kappa shape index (κ1) is 90.1. The van der Waals surface area contributed by atoms with Crippen molar-refractivity contribution in [3.05, 3.63) is 248 Å². The fourth-order valence-corrected chi connectivity index (χ4v) is 13.4. The number of benzene rings is 6. The average Bonchev–Trinajstić information content (AvgIpc) is 1.44. The zero-order valence-electron chi connectivity index (χ0n) is 58.5. The van der Waals surface area contributed by atoms with Crippen LogP contribution in [0.3, 0.4) is 0 Å². The number of hydrogen-bond donors (Lipinski definition) is 8. The van der Waals surface area contributed by atoms with E-state index in [9.17, 15) is 109 Å². The van der Waals surface area contributed by atoms with Gasteiger partial charge in [-0.3, -0.25) is 38.9 Å². The quantitative estimate of drug-likeness (QED) is 0.0135. The van der Waals surface area contributed by atoms with Crippen molar-refractivity contribution in [3.8, 4) is 23.3 Å². The molecular weight excluding hydrogens is 1660 g/mol. The van der Waals surface area contributed by atoms with E-state index < -0.39 is 160 Å². The second kappa shape index (κ2) is 36.1. The van der Waals surface area contributed by atoms with Gasteiger partial charge in [0.05, 0.1) is 112 Å². The Morgan fingerprint density at radius 1 is 0.409 bits per heavy atom. The molecule has 0 fully saturated rings. The predicted molar refractivity (Wildman–Crippen MR) is 355 cm³/mol. The topological polar surface area (TPSA) is 689 Å². The first-order valence-corrected chi connectivity index (χ1v) is 37.4. The van der Waals surface area contributed by atoms with E-state index in [0.717, 1.165) is 119 Å². The Bertz CT molecular complexity index is 6680. The van der Waals surface area contributed by atoms with Crippen molar-refractivity contribution >= 4 is 120 Å². The summed E-state index contributed by atoms with van der Waals surface area (Å²) in [6.07, 6.45) is 4.76. The summed E-state index contributed by atoms with van der Waals surface area (Å²) in [5.41, 5.74) is -11.8. The molecule has 6 heterocycles. The Balaban J connectivity index is 0.00000413. The molecule has 0 unspecified atom stereocenters. The van der Waals surface area contributed by atoms with Gasteiger partial charge in [-0.25, -0.2) is 63.7 Å². The number of aromatic carboxylic acids is 4. The first-order chi connectivity index (χ1) is 52.3. The number of aromatic nitrogens is 12. The summed E-state index contributed by atoms with van der Waals surface area (Å²) >= 11 is 0. The molecule has 0 saturated carbocycles. The van der Waals surface area contributed by atoms with Crippen LogP contribution in [0.5, 0.6) is 0 Å². The number of hydrogen-bond acceptors (Lipinski definition) is 32. The van der Waals surface area contributed by atoms with E-state index in [2.05, 4.69) is 80.5 Å². The molecule has 0 bridgehead atoms. The standard InChI is InChI=1S/C62H42N20O24S5.4Na/c83-51-47(49(55(89)90)77-81(51)37-13-17-39(18-14-37)108(95,96)97)75-73-43-27-35(11-21-45(43)110(101,102)103)65-59-67-57(69-61(71-59)79-23-3-5-31(29-79)53(85)86)63-33-7-1-9-41(25-33)107(93,94)42-10-2-8-34(26-42)64-58-68-60(72-62(70-58)80-24-4-6-32(30-80)54(87)88)66-36-12-22-46(111(104,105)106)44(28-36)74-76-48-50(56(91)92)78-82(52(48)84)38-15-19-40(20-16-38)109(98,99)100;;;;/h1-30H,(H12-2,63,64,65,66,67,68,69,70,71,72,73,74,77,78,83,84,85,86,87,88,89,90,91,92,95,96,97,98,99,100,101,102,103,104,105,106);;;;/q;4*+1/p-4. The van der Waals surface area contributed by atoms with Crippen molar-refractivity contribution in [1.82, 2.24) is 49.5 Å². The molecule has 44 nitrogen and oxygen atoms in total. The van der Waals surface area contributed by atoms with Gasteiger partial charge in [-0.05, 0) is 156 Å². The van der Waals surface area contributed by atoms with Gasteiger partial charge in [0.15, 0.2) is 11.4 Å². The molecule has 12 rings (SSSR count). The van der Waals surface area contributed by atoms with Crippen molar-refractivity contribution in [1.29, 1.82) is 0 Å². The average molecular weight is 1700 g/mol. The molecule has 0 saturated heterocycles. The number of nitrogens with zero attached hydrogens (tertiary/aromatic N) is 14. The summed E-state index contributed by atoms with van der Waals surface area (Å²) in [4.78, 5) is 109. The Labute approximate surface area is 729 Å². The Hall–Kier alpha value is -10.5. The van der Waals surface area contributed by atoms with Gasteiger partial charge in [0.25, 0.3) is 42.6 Å². The number of sulfone groups is 1. The maximum atomic E-state index is 14.6. The number of carboxylic acid groups (broad SMARTS) is 4. The van der Waals surface area contributed by atoms with Crippen molar-refractivity contribution < 1.29 is 227 Å². The molecule has 53 heteroatoms. The fourth-order valence-electron chi connectivity index (χ4n) is 9.96. The zero-order valence-corrected chi connectivity index (χ0v) is 70.6. The molecule has 6 aromatic carbocycles. The first-order valence-electron chi connectivity index (χ1n) is 30.2. The number of azo groups is 2. The van der Waals surface area contributed by atoms with Crippen molar-refractivity contribution in [2.24, 2.45) is 40.4 Å². The number of carboxylic acids is 4. The summed E-state index contributed by atoms with van der Waals surface area (Å²) in [5, 5.41) is 67.4. The van der Waals surface area contributed by atoms with Gasteiger partial charge in [0.2, 0.25) is 9.84 Å². The molecule has 115 heavy (non-hydrogen) atoms. The van der Waals surface area contributed by atoms with Crippen LogP contribution >= 0.6 is 0 Å². The molecule has 0 spiro atoms. The molecule has 0 radical (unpaired) electrons. The molecule has 8 N–H and O–H groups in total. The molecule has 12 aromatic rings. The monoisotopic (exact) mass is 1700 g/mol. The van der Waals surface area contributed by atoms with E-state index in [1.165, 1.54) is 73.1 Å². The smallest absolute Gasteiger partial charge is 0.744 e. The molecule has 564 valence electrons. The van der Waals surface area contributed by atoms with Crippen LogP contribution in [-0.2, 0) is 50.3 Å². The maximum absolute atomic E-state index is 14.6. The number of pyridine rings is 2. The third-order valence-electron chi connectivity index (χ3n) is 15.0. The minimum absolute atomic E-state index is 0. The second-order valence-corrected chi connectivity index (χ2v) is 29.8.